The Morgan fingerprint density at radius 3 is 2.60 bits per heavy atom. The number of halogens is 2. The summed E-state index contributed by atoms with van der Waals surface area (Å²) in [6.07, 6.45) is -2.42. The Balaban J connectivity index is 2.03. The molecule has 2 rings (SSSR count). The number of nitrogens with two attached hydrogens (primary N) is 1. The van der Waals surface area contributed by atoms with Gasteiger partial charge in [0.05, 0.1) is 12.1 Å². The molecule has 138 valence electrons. The molecule has 0 bridgehead atoms. The standard InChI is InChI=1S/C17H22BrFN2O4/c1-17(2,3)25-16(23)21-7-6-14(12(19)9-21)24-13-5-4-10(18)8-11(13)15(20)22/h4-5,8,12,14H,6-7,9H2,1-3H3,(H2,20,22)/t12-,14-/m0/s1. The zero-order valence-corrected chi connectivity index (χ0v) is 16.0. The molecule has 1 aromatic rings. The molecule has 0 radical (unpaired) electrons. The van der Waals surface area contributed by atoms with Crippen molar-refractivity contribution in [3.8, 4) is 5.75 Å². The van der Waals surface area contributed by atoms with Crippen molar-refractivity contribution in [1.29, 1.82) is 0 Å². The van der Waals surface area contributed by atoms with Crippen LogP contribution in [0.25, 0.3) is 0 Å². The highest BCUT2D eigenvalue weighted by Crippen LogP contribution is 2.27. The Hall–Kier alpha value is -1.83. The van der Waals surface area contributed by atoms with Crippen molar-refractivity contribution < 1.29 is 23.5 Å². The van der Waals surface area contributed by atoms with Crippen LogP contribution >= 0.6 is 15.9 Å². The monoisotopic (exact) mass is 416 g/mol. The van der Waals surface area contributed by atoms with Gasteiger partial charge in [0.15, 0.2) is 6.17 Å². The fourth-order valence-electron chi connectivity index (χ4n) is 2.47. The molecule has 1 fully saturated rings. The van der Waals surface area contributed by atoms with Crippen molar-refractivity contribution >= 4 is 27.9 Å². The van der Waals surface area contributed by atoms with Crippen molar-refractivity contribution in [2.45, 2.75) is 45.1 Å². The van der Waals surface area contributed by atoms with Gasteiger partial charge in [-0.15, -0.1) is 0 Å². The highest BCUT2D eigenvalue weighted by Gasteiger charge is 2.35. The lowest BCUT2D eigenvalue weighted by molar-refractivity contribution is -0.0106. The van der Waals surface area contributed by atoms with E-state index in [-0.39, 0.29) is 24.3 Å². The van der Waals surface area contributed by atoms with Crippen LogP contribution < -0.4 is 10.5 Å². The number of piperidine rings is 1. The summed E-state index contributed by atoms with van der Waals surface area (Å²) in [6, 6.07) is 4.78. The van der Waals surface area contributed by atoms with E-state index in [9.17, 15) is 14.0 Å². The maximum absolute atomic E-state index is 14.5. The van der Waals surface area contributed by atoms with E-state index in [0.29, 0.717) is 11.0 Å². The topological polar surface area (TPSA) is 81.9 Å². The van der Waals surface area contributed by atoms with E-state index in [1.807, 2.05) is 0 Å². The molecule has 0 aliphatic carbocycles. The summed E-state index contributed by atoms with van der Waals surface area (Å²) >= 11 is 3.25. The first kappa shape index (κ1) is 19.5. The maximum atomic E-state index is 14.5. The van der Waals surface area contributed by atoms with Crippen LogP contribution in [0, 0.1) is 0 Å². The summed E-state index contributed by atoms with van der Waals surface area (Å²) in [6.45, 7) is 5.45. The first-order valence-corrected chi connectivity index (χ1v) is 8.74. The highest BCUT2D eigenvalue weighted by atomic mass is 79.9. The largest absolute Gasteiger partial charge is 0.486 e. The SMILES string of the molecule is CC(C)(C)OC(=O)N1CC[C@H](Oc2ccc(Br)cc2C(N)=O)[C@@H](F)C1. The first-order chi connectivity index (χ1) is 11.6. The number of primary amides is 1. The van der Waals surface area contributed by atoms with Gasteiger partial charge in [-0.3, -0.25) is 4.79 Å². The van der Waals surface area contributed by atoms with Gasteiger partial charge in [0.2, 0.25) is 0 Å². The van der Waals surface area contributed by atoms with E-state index in [4.69, 9.17) is 15.2 Å². The van der Waals surface area contributed by atoms with Crippen LogP contribution in [0.1, 0.15) is 37.6 Å². The maximum Gasteiger partial charge on any atom is 0.410 e. The zero-order chi connectivity index (χ0) is 18.8. The lowest BCUT2D eigenvalue weighted by atomic mass is 10.1. The molecule has 1 aliphatic rings. The Labute approximate surface area is 154 Å². The molecule has 1 aliphatic heterocycles. The van der Waals surface area contributed by atoms with Crippen LogP contribution in [-0.4, -0.2) is 47.9 Å². The fourth-order valence-corrected chi connectivity index (χ4v) is 2.83. The quantitative estimate of drug-likeness (QED) is 0.819. The van der Waals surface area contributed by atoms with E-state index in [1.165, 1.54) is 11.0 Å². The van der Waals surface area contributed by atoms with Gasteiger partial charge in [0, 0.05) is 17.4 Å². The van der Waals surface area contributed by atoms with Crippen molar-refractivity contribution in [3.05, 3.63) is 28.2 Å². The Bertz CT molecular complexity index is 663. The Morgan fingerprint density at radius 1 is 1.36 bits per heavy atom. The lowest BCUT2D eigenvalue weighted by Gasteiger charge is -2.35. The summed E-state index contributed by atoms with van der Waals surface area (Å²) < 4.78 is 26.1. The van der Waals surface area contributed by atoms with Crippen LogP contribution in [0.4, 0.5) is 9.18 Å². The van der Waals surface area contributed by atoms with Crippen LogP contribution in [0.15, 0.2) is 22.7 Å². The summed E-state index contributed by atoms with van der Waals surface area (Å²) in [5, 5.41) is 0. The summed E-state index contributed by atoms with van der Waals surface area (Å²) in [5.74, 6) is -0.424. The summed E-state index contributed by atoms with van der Waals surface area (Å²) in [4.78, 5) is 24.9. The number of rotatable bonds is 3. The molecular formula is C17H22BrFN2O4. The third-order valence-corrected chi connectivity index (χ3v) is 4.11. The molecule has 0 aromatic heterocycles. The van der Waals surface area contributed by atoms with Crippen molar-refractivity contribution in [1.82, 2.24) is 4.90 Å². The second-order valence-corrected chi connectivity index (χ2v) is 7.81. The number of ether oxygens (including phenoxy) is 2. The van der Waals surface area contributed by atoms with Gasteiger partial charge in [-0.2, -0.15) is 0 Å². The van der Waals surface area contributed by atoms with Crippen LogP contribution in [-0.2, 0) is 4.74 Å². The van der Waals surface area contributed by atoms with Gasteiger partial charge < -0.3 is 20.1 Å². The third-order valence-electron chi connectivity index (χ3n) is 3.62. The van der Waals surface area contributed by atoms with E-state index < -0.39 is 29.9 Å². The number of carbonyl (C=O) groups excluding carboxylic acids is 2. The van der Waals surface area contributed by atoms with Crippen molar-refractivity contribution in [3.63, 3.8) is 0 Å². The molecule has 25 heavy (non-hydrogen) atoms. The van der Waals surface area contributed by atoms with Crippen molar-refractivity contribution in [2.75, 3.05) is 13.1 Å². The predicted molar refractivity (Wildman–Crippen MR) is 94.4 cm³/mol. The summed E-state index contributed by atoms with van der Waals surface area (Å²) in [5.41, 5.74) is 4.88. The van der Waals surface area contributed by atoms with Crippen LogP contribution in [0.2, 0.25) is 0 Å². The van der Waals surface area contributed by atoms with Crippen LogP contribution in [0.5, 0.6) is 5.75 Å². The second-order valence-electron chi connectivity index (χ2n) is 6.89. The van der Waals surface area contributed by atoms with Gasteiger partial charge in [0.25, 0.3) is 5.91 Å². The summed E-state index contributed by atoms with van der Waals surface area (Å²) in [7, 11) is 0. The fraction of sp³-hybridized carbons (Fsp3) is 0.529. The molecule has 1 aromatic carbocycles. The number of benzene rings is 1. The minimum atomic E-state index is -1.40. The molecule has 8 heteroatoms. The molecule has 6 nitrogen and oxygen atoms in total. The number of likely N-dealkylation sites (tertiary alicyclic amines) is 1. The number of amides is 2. The van der Waals surface area contributed by atoms with E-state index in [2.05, 4.69) is 15.9 Å². The molecular weight excluding hydrogens is 395 g/mol. The lowest BCUT2D eigenvalue weighted by Crippen LogP contribution is -2.50. The van der Waals surface area contributed by atoms with E-state index in [1.54, 1.807) is 32.9 Å². The van der Waals surface area contributed by atoms with Crippen molar-refractivity contribution in [2.24, 2.45) is 5.73 Å². The molecule has 2 amide bonds. The predicted octanol–water partition coefficient (Wildman–Crippen LogP) is 3.27. The minimum absolute atomic E-state index is 0.123. The molecule has 0 spiro atoms. The second kappa shape index (κ2) is 7.59. The average Bonchev–Trinajstić information content (AvgIpc) is 2.48. The Morgan fingerprint density at radius 2 is 2.04 bits per heavy atom. The Kier molecular flexibility index (Phi) is 5.92. The molecule has 2 atom stereocenters. The smallest absolute Gasteiger partial charge is 0.410 e. The van der Waals surface area contributed by atoms with E-state index in [0.717, 1.165) is 0 Å². The number of carbonyl (C=O) groups is 2. The van der Waals surface area contributed by atoms with E-state index >= 15 is 0 Å². The first-order valence-electron chi connectivity index (χ1n) is 7.95. The average molecular weight is 417 g/mol. The molecule has 1 heterocycles. The third kappa shape index (κ3) is 5.32. The molecule has 0 unspecified atom stereocenters. The normalized spacial score (nSPS) is 20.9. The zero-order valence-electron chi connectivity index (χ0n) is 14.4. The van der Waals surface area contributed by atoms with Gasteiger partial charge >= 0.3 is 6.09 Å². The molecule has 2 N–H and O–H groups in total. The number of hydrogen-bond donors (Lipinski definition) is 1. The molecule has 1 saturated heterocycles. The van der Waals surface area contributed by atoms with Gasteiger partial charge in [0.1, 0.15) is 17.5 Å². The van der Waals surface area contributed by atoms with Crippen LogP contribution in [0.3, 0.4) is 0 Å². The number of nitrogens with zero attached hydrogens (tertiary/aromatic N) is 1. The minimum Gasteiger partial charge on any atom is -0.486 e. The number of hydrogen-bond acceptors (Lipinski definition) is 4. The van der Waals surface area contributed by atoms with Gasteiger partial charge in [-0.05, 0) is 39.0 Å². The number of alkyl halides is 1. The highest BCUT2D eigenvalue weighted by molar-refractivity contribution is 9.10. The molecule has 0 saturated carbocycles. The van der Waals surface area contributed by atoms with Gasteiger partial charge in [-0.25, -0.2) is 9.18 Å². The van der Waals surface area contributed by atoms with Gasteiger partial charge in [-0.1, -0.05) is 15.9 Å².